The van der Waals surface area contributed by atoms with Gasteiger partial charge in [0.15, 0.2) is 11.5 Å². The minimum absolute atomic E-state index is 0.147. The largest absolute Gasteiger partial charge is 0.493 e. The van der Waals surface area contributed by atoms with Crippen LogP contribution in [-0.4, -0.2) is 25.2 Å². The number of nitrogens with zero attached hydrogens (tertiary/aromatic N) is 1. The smallest absolute Gasteiger partial charge is 0.345 e. The number of hydrazone groups is 1. The Hall–Kier alpha value is -4.42. The van der Waals surface area contributed by atoms with Crippen LogP contribution in [0.1, 0.15) is 33.5 Å². The molecule has 0 heterocycles. The first-order valence-corrected chi connectivity index (χ1v) is 12.5. The second kappa shape index (κ2) is 10.9. The van der Waals surface area contributed by atoms with Gasteiger partial charge in [0.25, 0.3) is 0 Å². The van der Waals surface area contributed by atoms with Gasteiger partial charge in [-0.25, -0.2) is 10.2 Å². The van der Waals surface area contributed by atoms with E-state index < -0.39 is 5.97 Å². The van der Waals surface area contributed by atoms with E-state index in [0.717, 1.165) is 11.1 Å². The summed E-state index contributed by atoms with van der Waals surface area (Å²) in [5.41, 5.74) is 5.47. The third-order valence-electron chi connectivity index (χ3n) is 6.73. The van der Waals surface area contributed by atoms with E-state index in [0.29, 0.717) is 22.8 Å². The molecule has 190 valence electrons. The molecule has 0 aromatic heterocycles. The maximum Gasteiger partial charge on any atom is 0.345 e. The lowest BCUT2D eigenvalue weighted by molar-refractivity contribution is -0.122. The molecule has 1 atom stereocenters. The molecule has 0 spiro atoms. The molecular formula is C31H25ClN2O4. The summed E-state index contributed by atoms with van der Waals surface area (Å²) < 4.78 is 10.9. The van der Waals surface area contributed by atoms with Crippen molar-refractivity contribution in [1.82, 2.24) is 5.43 Å². The van der Waals surface area contributed by atoms with Crippen molar-refractivity contribution in [2.24, 2.45) is 11.0 Å². The molecule has 1 saturated carbocycles. The molecule has 7 heteroatoms. The number of hydrogen-bond acceptors (Lipinski definition) is 5. The topological polar surface area (TPSA) is 77.0 Å². The Labute approximate surface area is 225 Å². The van der Waals surface area contributed by atoms with Gasteiger partial charge >= 0.3 is 5.97 Å². The SMILES string of the molecule is COc1cc(/C=N\NC(=O)[C@H]2CC2(c2ccccc2)c2ccccc2)ccc1OC(=O)c1ccccc1Cl. The second-order valence-electron chi connectivity index (χ2n) is 8.97. The van der Waals surface area contributed by atoms with Crippen LogP contribution in [-0.2, 0) is 10.2 Å². The van der Waals surface area contributed by atoms with Gasteiger partial charge in [0.05, 0.1) is 29.8 Å². The minimum atomic E-state index is -0.590. The molecule has 0 radical (unpaired) electrons. The lowest BCUT2D eigenvalue weighted by Gasteiger charge is -2.18. The van der Waals surface area contributed by atoms with Gasteiger partial charge in [-0.15, -0.1) is 0 Å². The van der Waals surface area contributed by atoms with Crippen LogP contribution in [0.2, 0.25) is 5.02 Å². The van der Waals surface area contributed by atoms with Gasteiger partial charge in [-0.2, -0.15) is 5.10 Å². The molecule has 1 amide bonds. The first-order valence-electron chi connectivity index (χ1n) is 12.1. The van der Waals surface area contributed by atoms with Crippen LogP contribution in [0.4, 0.5) is 0 Å². The fourth-order valence-electron chi connectivity index (χ4n) is 4.73. The van der Waals surface area contributed by atoms with E-state index in [4.69, 9.17) is 21.1 Å². The third-order valence-corrected chi connectivity index (χ3v) is 7.06. The maximum atomic E-state index is 13.1. The summed E-state index contributed by atoms with van der Waals surface area (Å²) in [5, 5.41) is 4.48. The van der Waals surface area contributed by atoms with Gasteiger partial charge in [0, 0.05) is 5.41 Å². The van der Waals surface area contributed by atoms with E-state index in [9.17, 15) is 9.59 Å². The average Bonchev–Trinajstić information content (AvgIpc) is 3.72. The van der Waals surface area contributed by atoms with Gasteiger partial charge in [0.2, 0.25) is 5.91 Å². The van der Waals surface area contributed by atoms with Crippen LogP contribution in [0.3, 0.4) is 0 Å². The fraction of sp³-hybridized carbons (Fsp3) is 0.129. The van der Waals surface area contributed by atoms with E-state index >= 15 is 0 Å². The molecule has 1 aliphatic carbocycles. The van der Waals surface area contributed by atoms with E-state index in [1.807, 2.05) is 36.4 Å². The van der Waals surface area contributed by atoms with E-state index in [2.05, 4.69) is 34.8 Å². The Kier molecular flexibility index (Phi) is 7.24. The summed E-state index contributed by atoms with van der Waals surface area (Å²) in [6, 6.07) is 31.8. The molecule has 0 aliphatic heterocycles. The number of carbonyl (C=O) groups excluding carboxylic acids is 2. The van der Waals surface area contributed by atoms with Gasteiger partial charge in [0.1, 0.15) is 0 Å². The molecular weight excluding hydrogens is 500 g/mol. The van der Waals surface area contributed by atoms with Crippen LogP contribution < -0.4 is 14.9 Å². The summed E-state index contributed by atoms with van der Waals surface area (Å²) >= 11 is 6.10. The number of rotatable bonds is 8. The number of esters is 1. The van der Waals surface area contributed by atoms with Crippen molar-refractivity contribution < 1.29 is 19.1 Å². The zero-order valence-electron chi connectivity index (χ0n) is 20.6. The molecule has 38 heavy (non-hydrogen) atoms. The number of hydrogen-bond donors (Lipinski definition) is 1. The van der Waals surface area contributed by atoms with Gasteiger partial charge < -0.3 is 9.47 Å². The zero-order valence-corrected chi connectivity index (χ0v) is 21.4. The van der Waals surface area contributed by atoms with Crippen LogP contribution in [0.5, 0.6) is 11.5 Å². The van der Waals surface area contributed by atoms with Gasteiger partial charge in [-0.05, 0) is 53.4 Å². The van der Waals surface area contributed by atoms with E-state index in [1.165, 1.54) is 13.3 Å². The minimum Gasteiger partial charge on any atom is -0.493 e. The highest BCUT2D eigenvalue weighted by molar-refractivity contribution is 6.33. The molecule has 6 nitrogen and oxygen atoms in total. The maximum absolute atomic E-state index is 13.1. The molecule has 5 rings (SSSR count). The number of amides is 1. The third kappa shape index (κ3) is 5.04. The first kappa shape index (κ1) is 25.2. The van der Waals surface area contributed by atoms with Crippen LogP contribution in [0.15, 0.2) is 108 Å². The van der Waals surface area contributed by atoms with Gasteiger partial charge in [-0.3, -0.25) is 4.79 Å². The van der Waals surface area contributed by atoms with Crippen molar-refractivity contribution >= 4 is 29.7 Å². The predicted molar refractivity (Wildman–Crippen MR) is 147 cm³/mol. The Morgan fingerprint density at radius 1 is 0.895 bits per heavy atom. The van der Waals surface area contributed by atoms with Crippen molar-refractivity contribution in [1.29, 1.82) is 0 Å². The van der Waals surface area contributed by atoms with Gasteiger partial charge in [-0.1, -0.05) is 84.4 Å². The lowest BCUT2D eigenvalue weighted by Crippen LogP contribution is -2.25. The molecule has 1 fully saturated rings. The Bertz CT molecular complexity index is 1450. The zero-order chi connectivity index (χ0) is 26.5. The standard InChI is InChI=1S/C31H25ClN2O4/c1-37-28-18-21(16-17-27(28)38-30(36)24-14-8-9-15-26(24)32)20-33-34-29(35)25-19-31(25,22-10-4-2-5-11-22)23-12-6-3-7-13-23/h2-18,20,25H,19H2,1H3,(H,34,35)/b33-20-/t25-/m1/s1. The molecule has 1 aliphatic rings. The normalized spacial score (nSPS) is 15.6. The van der Waals surface area contributed by atoms with E-state index in [-0.39, 0.29) is 28.6 Å². The lowest BCUT2D eigenvalue weighted by atomic mass is 9.85. The number of carbonyl (C=O) groups is 2. The summed E-state index contributed by atoms with van der Waals surface area (Å²) in [6.07, 6.45) is 2.23. The second-order valence-corrected chi connectivity index (χ2v) is 9.38. The van der Waals surface area contributed by atoms with Crippen molar-refractivity contribution in [3.63, 3.8) is 0 Å². The molecule has 4 aromatic carbocycles. The van der Waals surface area contributed by atoms with Crippen molar-refractivity contribution in [2.45, 2.75) is 11.8 Å². The fourth-order valence-corrected chi connectivity index (χ4v) is 4.95. The number of methoxy groups -OCH3 is 1. The number of nitrogens with one attached hydrogen (secondary N) is 1. The van der Waals surface area contributed by atoms with Crippen LogP contribution >= 0.6 is 11.6 Å². The Morgan fingerprint density at radius 2 is 1.53 bits per heavy atom. The molecule has 0 saturated heterocycles. The van der Waals surface area contributed by atoms with Crippen LogP contribution in [0, 0.1) is 5.92 Å². The number of halogens is 1. The van der Waals surface area contributed by atoms with Crippen molar-refractivity contribution in [2.75, 3.05) is 7.11 Å². The summed E-state index contributed by atoms with van der Waals surface area (Å²) in [6.45, 7) is 0. The summed E-state index contributed by atoms with van der Waals surface area (Å²) in [5.74, 6) is -0.383. The van der Waals surface area contributed by atoms with E-state index in [1.54, 1.807) is 42.5 Å². The van der Waals surface area contributed by atoms with Crippen LogP contribution in [0.25, 0.3) is 0 Å². The Balaban J connectivity index is 1.27. The molecule has 0 unspecified atom stereocenters. The van der Waals surface area contributed by atoms with Crippen molar-refractivity contribution in [3.8, 4) is 11.5 Å². The molecule has 4 aromatic rings. The highest BCUT2D eigenvalue weighted by Gasteiger charge is 2.60. The quantitative estimate of drug-likeness (QED) is 0.132. The highest BCUT2D eigenvalue weighted by atomic mass is 35.5. The summed E-state index contributed by atoms with van der Waals surface area (Å²) in [4.78, 5) is 25.6. The Morgan fingerprint density at radius 3 is 2.16 bits per heavy atom. The first-order chi connectivity index (χ1) is 18.5. The molecule has 1 N–H and O–H groups in total. The number of benzene rings is 4. The predicted octanol–water partition coefficient (Wildman–Crippen LogP) is 6.02. The number of ether oxygens (including phenoxy) is 2. The highest BCUT2D eigenvalue weighted by Crippen LogP contribution is 2.58. The molecule has 0 bridgehead atoms. The average molecular weight is 525 g/mol. The summed E-state index contributed by atoms with van der Waals surface area (Å²) in [7, 11) is 1.48. The van der Waals surface area contributed by atoms with Crippen molar-refractivity contribution in [3.05, 3.63) is 130 Å². The monoisotopic (exact) mass is 524 g/mol.